The first-order valence-electron chi connectivity index (χ1n) is 7.24. The number of aliphatic hydroxyl groups is 1. The molecule has 1 aromatic rings. The first-order chi connectivity index (χ1) is 10.7. The van der Waals surface area contributed by atoms with E-state index in [1.807, 2.05) is 36.2 Å². The van der Waals surface area contributed by atoms with Crippen molar-refractivity contribution >= 4 is 0 Å². The molecule has 5 nitrogen and oxygen atoms in total. The normalized spacial score (nSPS) is 12.1. The minimum Gasteiger partial charge on any atom is -0.491 e. The molecule has 0 saturated carbocycles. The lowest BCUT2D eigenvalue weighted by molar-refractivity contribution is -0.0387. The average molecular weight is 307 g/mol. The third-order valence-electron chi connectivity index (χ3n) is 3.27. The summed E-state index contributed by atoms with van der Waals surface area (Å²) in [6.07, 6.45) is 6.05. The van der Waals surface area contributed by atoms with Crippen molar-refractivity contribution in [2.45, 2.75) is 12.5 Å². The van der Waals surface area contributed by atoms with E-state index in [-0.39, 0.29) is 19.4 Å². The highest BCUT2D eigenvalue weighted by Crippen LogP contribution is 2.14. The molecule has 1 N–H and O–H groups in total. The molecule has 0 bridgehead atoms. The first kappa shape index (κ1) is 18.5. The Balaban J connectivity index is 2.42. The van der Waals surface area contributed by atoms with E-state index in [2.05, 4.69) is 5.92 Å². The van der Waals surface area contributed by atoms with E-state index in [0.29, 0.717) is 19.8 Å². The third-order valence-corrected chi connectivity index (χ3v) is 3.27. The van der Waals surface area contributed by atoms with Crippen LogP contribution in [-0.2, 0) is 15.9 Å². The molecular weight excluding hydrogens is 282 g/mol. The van der Waals surface area contributed by atoms with Gasteiger partial charge in [0.25, 0.3) is 0 Å². The molecule has 1 atom stereocenters. The van der Waals surface area contributed by atoms with Crippen molar-refractivity contribution in [2.24, 2.45) is 0 Å². The predicted octanol–water partition coefficient (Wildman–Crippen LogP) is 1.15. The fourth-order valence-corrected chi connectivity index (χ4v) is 1.99. The van der Waals surface area contributed by atoms with Gasteiger partial charge in [-0.1, -0.05) is 18.1 Å². The number of nitrogens with zero attached hydrogens (tertiary/aromatic N) is 1. The molecule has 0 radical (unpaired) electrons. The van der Waals surface area contributed by atoms with Crippen LogP contribution in [0.3, 0.4) is 0 Å². The van der Waals surface area contributed by atoms with Crippen LogP contribution in [0.1, 0.15) is 5.56 Å². The van der Waals surface area contributed by atoms with E-state index in [0.717, 1.165) is 17.7 Å². The van der Waals surface area contributed by atoms with E-state index in [1.165, 1.54) is 0 Å². The van der Waals surface area contributed by atoms with Crippen molar-refractivity contribution in [3.05, 3.63) is 29.8 Å². The lowest BCUT2D eigenvalue weighted by atomic mass is 10.1. The summed E-state index contributed by atoms with van der Waals surface area (Å²) < 4.78 is 15.5. The average Bonchev–Trinajstić information content (AvgIpc) is 2.54. The van der Waals surface area contributed by atoms with Gasteiger partial charge in [-0.2, -0.15) is 0 Å². The number of hydrogen-bond acceptors (Lipinski definition) is 5. The second-order valence-electron chi connectivity index (χ2n) is 4.97. The van der Waals surface area contributed by atoms with Crippen molar-refractivity contribution in [2.75, 3.05) is 47.3 Å². The van der Waals surface area contributed by atoms with E-state index in [1.54, 1.807) is 7.11 Å². The van der Waals surface area contributed by atoms with Crippen LogP contribution in [0.25, 0.3) is 0 Å². The Morgan fingerprint density at radius 3 is 2.59 bits per heavy atom. The van der Waals surface area contributed by atoms with Gasteiger partial charge in [-0.3, -0.25) is 4.90 Å². The molecule has 0 aliphatic heterocycles. The molecule has 0 aliphatic carbocycles. The van der Waals surface area contributed by atoms with E-state index >= 15 is 0 Å². The highest BCUT2D eigenvalue weighted by molar-refractivity contribution is 5.27. The largest absolute Gasteiger partial charge is 0.491 e. The standard InChI is InChI=1S/C17H25NO4/c1-4-9-18(2)16(13-19)12-15-5-7-17(8-6-15)22-11-10-21-14-20-3/h1,5-8,16,19H,9-14H2,2-3H3. The van der Waals surface area contributed by atoms with Crippen LogP contribution in [-0.4, -0.2) is 63.4 Å². The number of benzene rings is 1. The Morgan fingerprint density at radius 1 is 1.27 bits per heavy atom. The summed E-state index contributed by atoms with van der Waals surface area (Å²) in [7, 11) is 3.50. The molecular formula is C17H25NO4. The number of likely N-dealkylation sites (N-methyl/N-ethyl adjacent to an activating group) is 1. The molecule has 22 heavy (non-hydrogen) atoms. The van der Waals surface area contributed by atoms with Gasteiger partial charge in [0.15, 0.2) is 0 Å². The van der Waals surface area contributed by atoms with E-state index in [9.17, 15) is 5.11 Å². The number of terminal acetylenes is 1. The molecule has 0 aromatic heterocycles. The van der Waals surface area contributed by atoms with Gasteiger partial charge in [0.2, 0.25) is 0 Å². The van der Waals surface area contributed by atoms with Gasteiger partial charge < -0.3 is 19.3 Å². The molecule has 5 heteroatoms. The van der Waals surface area contributed by atoms with Gasteiger partial charge in [-0.15, -0.1) is 6.42 Å². The number of aliphatic hydroxyl groups excluding tert-OH is 1. The van der Waals surface area contributed by atoms with Gasteiger partial charge in [0.05, 0.1) is 19.8 Å². The number of hydrogen-bond donors (Lipinski definition) is 1. The Hall–Kier alpha value is -1.58. The third kappa shape index (κ3) is 6.92. The summed E-state index contributed by atoms with van der Waals surface area (Å²) in [6, 6.07) is 7.85. The fourth-order valence-electron chi connectivity index (χ4n) is 1.99. The zero-order valence-corrected chi connectivity index (χ0v) is 13.3. The van der Waals surface area contributed by atoms with Gasteiger partial charge in [0, 0.05) is 13.2 Å². The van der Waals surface area contributed by atoms with Crippen molar-refractivity contribution in [1.29, 1.82) is 0 Å². The minimum atomic E-state index is 0.0188. The summed E-state index contributed by atoms with van der Waals surface area (Å²) in [5.41, 5.74) is 1.13. The maximum absolute atomic E-state index is 9.47. The maximum Gasteiger partial charge on any atom is 0.146 e. The zero-order valence-electron chi connectivity index (χ0n) is 13.3. The molecule has 122 valence electrons. The quantitative estimate of drug-likeness (QED) is 0.378. The molecule has 0 aliphatic rings. The van der Waals surface area contributed by atoms with Crippen LogP contribution >= 0.6 is 0 Å². The van der Waals surface area contributed by atoms with E-state index in [4.69, 9.17) is 20.6 Å². The van der Waals surface area contributed by atoms with Gasteiger partial charge in [0.1, 0.15) is 19.1 Å². The monoisotopic (exact) mass is 307 g/mol. The van der Waals surface area contributed by atoms with Crippen molar-refractivity contribution in [1.82, 2.24) is 4.90 Å². The topological polar surface area (TPSA) is 51.2 Å². The Labute approximate surface area is 132 Å². The van der Waals surface area contributed by atoms with Gasteiger partial charge in [-0.05, 0) is 31.2 Å². The van der Waals surface area contributed by atoms with Gasteiger partial charge >= 0.3 is 0 Å². The second kappa shape index (κ2) is 11.0. The number of methoxy groups -OCH3 is 1. The Bertz CT molecular complexity index is 441. The molecule has 0 saturated heterocycles. The first-order valence-corrected chi connectivity index (χ1v) is 7.24. The van der Waals surface area contributed by atoms with Crippen LogP contribution in [0, 0.1) is 12.3 Å². The fraction of sp³-hybridized carbons (Fsp3) is 0.529. The predicted molar refractivity (Wildman–Crippen MR) is 85.8 cm³/mol. The summed E-state index contributed by atoms with van der Waals surface area (Å²) in [5.74, 6) is 3.38. The summed E-state index contributed by atoms with van der Waals surface area (Å²) in [5, 5.41) is 9.47. The lowest BCUT2D eigenvalue weighted by Gasteiger charge is -2.24. The number of rotatable bonds is 11. The number of ether oxygens (including phenoxy) is 3. The highest BCUT2D eigenvalue weighted by Gasteiger charge is 2.13. The van der Waals surface area contributed by atoms with Crippen LogP contribution in [0.2, 0.25) is 0 Å². The molecule has 1 unspecified atom stereocenters. The Kier molecular flexibility index (Phi) is 9.28. The lowest BCUT2D eigenvalue weighted by Crippen LogP contribution is -2.36. The smallest absolute Gasteiger partial charge is 0.146 e. The summed E-state index contributed by atoms with van der Waals surface area (Å²) in [4.78, 5) is 1.97. The SMILES string of the molecule is C#CCN(C)C(CO)Cc1ccc(OCCOCOC)cc1. The highest BCUT2D eigenvalue weighted by atomic mass is 16.7. The summed E-state index contributed by atoms with van der Waals surface area (Å²) >= 11 is 0. The van der Waals surface area contributed by atoms with Crippen LogP contribution < -0.4 is 4.74 Å². The van der Waals surface area contributed by atoms with Crippen molar-refractivity contribution in [3.63, 3.8) is 0 Å². The second-order valence-corrected chi connectivity index (χ2v) is 4.97. The molecule has 0 spiro atoms. The molecule has 1 rings (SSSR count). The minimum absolute atomic E-state index is 0.0188. The van der Waals surface area contributed by atoms with E-state index < -0.39 is 0 Å². The molecule has 0 fully saturated rings. The molecule has 1 aromatic carbocycles. The Morgan fingerprint density at radius 2 is 2.00 bits per heavy atom. The molecule has 0 heterocycles. The maximum atomic E-state index is 9.47. The zero-order chi connectivity index (χ0) is 16.2. The van der Waals surface area contributed by atoms with Gasteiger partial charge in [-0.25, -0.2) is 0 Å². The van der Waals surface area contributed by atoms with Crippen LogP contribution in [0.15, 0.2) is 24.3 Å². The van der Waals surface area contributed by atoms with Crippen molar-refractivity contribution < 1.29 is 19.3 Å². The van der Waals surface area contributed by atoms with Crippen molar-refractivity contribution in [3.8, 4) is 18.1 Å². The van der Waals surface area contributed by atoms with Crippen LogP contribution in [0.5, 0.6) is 5.75 Å². The van der Waals surface area contributed by atoms with Crippen LogP contribution in [0.4, 0.5) is 0 Å². The molecule has 0 amide bonds. The summed E-state index contributed by atoms with van der Waals surface area (Å²) in [6.45, 7) is 1.84.